The van der Waals surface area contributed by atoms with Gasteiger partial charge in [-0.05, 0) is 60.7 Å². The van der Waals surface area contributed by atoms with E-state index in [2.05, 4.69) is 27.8 Å². The first-order chi connectivity index (χ1) is 27.5. The van der Waals surface area contributed by atoms with Crippen LogP contribution in [0.2, 0.25) is 0 Å². The Hall–Kier alpha value is -4.96. The topological polar surface area (TPSA) is 113 Å². The number of amides is 1. The third kappa shape index (κ3) is 10.3. The predicted octanol–water partition coefficient (Wildman–Crippen LogP) is 8.99. The fourth-order valence-corrected chi connectivity index (χ4v) is 8.80. The molecular formula is C47H57N4O5+. The number of rotatable bonds is 19. The van der Waals surface area contributed by atoms with Gasteiger partial charge in [0.25, 0.3) is 0 Å². The van der Waals surface area contributed by atoms with Crippen molar-refractivity contribution in [3.63, 3.8) is 0 Å². The lowest BCUT2D eigenvalue weighted by Gasteiger charge is -2.40. The number of anilines is 1. The van der Waals surface area contributed by atoms with E-state index in [0.717, 1.165) is 72.2 Å². The molecule has 9 nitrogen and oxygen atoms in total. The number of aliphatic hydroxyl groups excluding tert-OH is 1. The first-order valence-electron chi connectivity index (χ1n) is 20.6. The van der Waals surface area contributed by atoms with E-state index in [0.29, 0.717) is 30.3 Å². The number of nitrogens with one attached hydrogen (secondary N) is 3. The van der Waals surface area contributed by atoms with Crippen molar-refractivity contribution in [1.29, 1.82) is 0 Å². The monoisotopic (exact) mass is 757 g/mol. The summed E-state index contributed by atoms with van der Waals surface area (Å²) in [4.78, 5) is 28.1. The fourth-order valence-electron chi connectivity index (χ4n) is 8.80. The van der Waals surface area contributed by atoms with E-state index in [4.69, 9.17) is 9.47 Å². The Morgan fingerprint density at radius 1 is 0.804 bits per heavy atom. The van der Waals surface area contributed by atoms with Gasteiger partial charge in [0, 0.05) is 36.4 Å². The number of carbonyl (C=O) groups excluding carboxylic acids is 1. The molecule has 2 saturated heterocycles. The van der Waals surface area contributed by atoms with Gasteiger partial charge in [-0.25, -0.2) is 4.79 Å². The third-order valence-electron chi connectivity index (χ3n) is 11.8. The third-order valence-corrected chi connectivity index (χ3v) is 11.8. The van der Waals surface area contributed by atoms with Crippen LogP contribution in [-0.2, 0) is 11.3 Å². The number of fused-ring (bicyclic) bond motifs is 3. The molecule has 5 aromatic rings. The molecule has 0 radical (unpaired) electrons. The zero-order valence-electron chi connectivity index (χ0n) is 32.5. The summed E-state index contributed by atoms with van der Waals surface area (Å²) in [6, 6.07) is 34.9. The first-order valence-corrected chi connectivity index (χ1v) is 20.6. The van der Waals surface area contributed by atoms with Crippen LogP contribution < -0.4 is 20.9 Å². The Morgan fingerprint density at radius 2 is 1.52 bits per heavy atom. The number of pyridine rings is 1. The van der Waals surface area contributed by atoms with Crippen LogP contribution in [0.5, 0.6) is 5.75 Å². The molecule has 0 spiro atoms. The van der Waals surface area contributed by atoms with Crippen LogP contribution in [0.1, 0.15) is 75.0 Å². The highest BCUT2D eigenvalue weighted by Gasteiger charge is 2.47. The highest BCUT2D eigenvalue weighted by molar-refractivity contribution is 5.91. The van der Waals surface area contributed by atoms with E-state index in [1.165, 1.54) is 62.2 Å². The van der Waals surface area contributed by atoms with Crippen molar-refractivity contribution in [2.75, 3.05) is 44.6 Å². The zero-order valence-corrected chi connectivity index (χ0v) is 32.5. The van der Waals surface area contributed by atoms with Crippen molar-refractivity contribution in [2.24, 2.45) is 5.92 Å². The second-order valence-corrected chi connectivity index (χ2v) is 15.7. The van der Waals surface area contributed by atoms with Crippen molar-refractivity contribution >= 4 is 22.7 Å². The van der Waals surface area contributed by atoms with Crippen molar-refractivity contribution in [1.82, 2.24) is 10.3 Å². The lowest BCUT2D eigenvalue weighted by Crippen LogP contribution is -2.52. The molecule has 2 unspecified atom stereocenters. The van der Waals surface area contributed by atoms with Crippen LogP contribution in [0.15, 0.2) is 114 Å². The SMILES string of the molecule is O=C(Nc1ccccc1-c1ccccc1)OC1CC[N@@+]2(CCCCCCCCCNC[C@H](O)c3ccc(OCc4ccccc4)c4[nH]c(=O)ccc34)CCC1C2. The van der Waals surface area contributed by atoms with E-state index >= 15 is 0 Å². The summed E-state index contributed by atoms with van der Waals surface area (Å²) in [5.41, 5.74) is 5.06. The molecule has 1 amide bonds. The summed E-state index contributed by atoms with van der Waals surface area (Å²) in [5.74, 6) is 1.04. The van der Waals surface area contributed by atoms with Gasteiger partial charge in [-0.1, -0.05) is 111 Å². The summed E-state index contributed by atoms with van der Waals surface area (Å²) in [5, 5.41) is 18.3. The average molecular weight is 758 g/mol. The smallest absolute Gasteiger partial charge is 0.411 e. The summed E-state index contributed by atoms with van der Waals surface area (Å²) < 4.78 is 13.3. The summed E-state index contributed by atoms with van der Waals surface area (Å²) in [6.45, 7) is 6.37. The van der Waals surface area contributed by atoms with Gasteiger partial charge in [0.2, 0.25) is 5.56 Å². The number of piperidine rings is 1. The number of quaternary nitrogens is 1. The number of benzene rings is 4. The van der Waals surface area contributed by atoms with E-state index < -0.39 is 6.10 Å². The molecule has 2 aliphatic rings. The van der Waals surface area contributed by atoms with Crippen LogP contribution in [0.4, 0.5) is 10.5 Å². The molecule has 4 atom stereocenters. The van der Waals surface area contributed by atoms with Gasteiger partial charge < -0.3 is 29.4 Å². The summed E-state index contributed by atoms with van der Waals surface area (Å²) in [6.07, 6.45) is 9.57. The molecule has 4 N–H and O–H groups in total. The molecule has 1 aromatic heterocycles. The fraction of sp³-hybridized carbons (Fsp3) is 0.404. The molecule has 3 heterocycles. The van der Waals surface area contributed by atoms with Crippen LogP contribution >= 0.6 is 0 Å². The molecular weight excluding hydrogens is 701 g/mol. The Bertz CT molecular complexity index is 2070. The second kappa shape index (κ2) is 19.3. The summed E-state index contributed by atoms with van der Waals surface area (Å²) >= 11 is 0. The van der Waals surface area contributed by atoms with Gasteiger partial charge >= 0.3 is 6.09 Å². The number of aliphatic hydroxyl groups is 1. The molecule has 0 aliphatic carbocycles. The quantitative estimate of drug-likeness (QED) is 0.0495. The van der Waals surface area contributed by atoms with Gasteiger partial charge in [0.15, 0.2) is 0 Å². The van der Waals surface area contributed by atoms with Gasteiger partial charge in [0.05, 0.1) is 49.4 Å². The minimum atomic E-state index is -0.699. The standard InChI is InChI=1S/C47H56N4O5/c52-42(39-22-24-44(46-40(39)23-25-45(53)50-46)55-34-35-16-8-6-9-17-35)32-48-28-14-4-2-1-3-5-15-29-51-30-26-37(33-51)43(27-31-51)56-47(54)49-41-21-13-12-20-38(41)36-18-10-7-11-19-36/h6-13,16-25,37,42-43,48,52H,1-5,14-15,26-34H2,(H-,49,50,53,54)/p+1/t37?,42-,43?,51+/m0/s1. The molecule has 0 saturated carbocycles. The number of nitrogens with zero attached hydrogens (tertiary/aromatic N) is 1. The van der Waals surface area contributed by atoms with Crippen molar-refractivity contribution in [3.05, 3.63) is 131 Å². The van der Waals surface area contributed by atoms with Crippen LogP contribution in [0.3, 0.4) is 0 Å². The van der Waals surface area contributed by atoms with Crippen LogP contribution in [-0.4, -0.2) is 66.0 Å². The van der Waals surface area contributed by atoms with E-state index in [9.17, 15) is 14.7 Å². The molecule has 56 heavy (non-hydrogen) atoms. The highest BCUT2D eigenvalue weighted by atomic mass is 16.6. The second-order valence-electron chi connectivity index (χ2n) is 15.7. The van der Waals surface area contributed by atoms with Crippen LogP contribution in [0, 0.1) is 5.92 Å². The molecule has 9 heteroatoms. The average Bonchev–Trinajstić information content (AvgIpc) is 3.58. The molecule has 2 fully saturated rings. The number of H-pyrrole nitrogens is 1. The largest absolute Gasteiger partial charge is 0.487 e. The minimum Gasteiger partial charge on any atom is -0.487 e. The number of unbranched alkanes of at least 4 members (excludes halogenated alkanes) is 6. The first kappa shape index (κ1) is 39.3. The number of para-hydroxylation sites is 1. The van der Waals surface area contributed by atoms with Crippen molar-refractivity contribution in [2.45, 2.75) is 76.6 Å². The number of aromatic amines is 1. The number of aromatic nitrogens is 1. The Kier molecular flexibility index (Phi) is 13.5. The van der Waals surface area contributed by atoms with Crippen molar-refractivity contribution in [3.8, 4) is 16.9 Å². The normalized spacial score (nSPS) is 19.4. The maximum atomic E-state index is 13.0. The highest BCUT2D eigenvalue weighted by Crippen LogP contribution is 2.37. The maximum Gasteiger partial charge on any atom is 0.411 e. The van der Waals surface area contributed by atoms with Gasteiger partial charge in [-0.3, -0.25) is 10.1 Å². The molecule has 2 bridgehead atoms. The molecule has 7 rings (SSSR count). The number of ether oxygens (including phenoxy) is 2. The lowest BCUT2D eigenvalue weighted by atomic mass is 9.95. The number of carbonyl (C=O) groups is 1. The van der Waals surface area contributed by atoms with E-state index in [1.807, 2.05) is 84.9 Å². The number of hydrogen-bond acceptors (Lipinski definition) is 6. The summed E-state index contributed by atoms with van der Waals surface area (Å²) in [7, 11) is 0. The number of hydrogen-bond donors (Lipinski definition) is 4. The van der Waals surface area contributed by atoms with E-state index in [-0.39, 0.29) is 17.8 Å². The predicted molar refractivity (Wildman–Crippen MR) is 224 cm³/mol. The molecule has 294 valence electrons. The van der Waals surface area contributed by atoms with Gasteiger partial charge in [-0.15, -0.1) is 0 Å². The zero-order chi connectivity index (χ0) is 38.6. The van der Waals surface area contributed by atoms with E-state index in [1.54, 1.807) is 6.07 Å². The van der Waals surface area contributed by atoms with Crippen LogP contribution in [0.25, 0.3) is 22.0 Å². The molecule has 4 aromatic carbocycles. The Balaban J connectivity index is 0.750. The minimum absolute atomic E-state index is 0.00546. The van der Waals surface area contributed by atoms with Crippen molar-refractivity contribution < 1.29 is 23.9 Å². The molecule has 2 aliphatic heterocycles. The maximum absolute atomic E-state index is 13.0. The van der Waals surface area contributed by atoms with Gasteiger partial charge in [0.1, 0.15) is 18.5 Å². The lowest BCUT2D eigenvalue weighted by molar-refractivity contribution is -0.922. The van der Waals surface area contributed by atoms with Gasteiger partial charge in [-0.2, -0.15) is 0 Å². The Labute approximate surface area is 330 Å². The Morgan fingerprint density at radius 3 is 2.34 bits per heavy atom.